The number of nitrogens with two attached hydrogens (primary N) is 1. The van der Waals surface area contributed by atoms with Crippen molar-refractivity contribution in [3.05, 3.63) is 94.3 Å². The minimum atomic E-state index is -0.689. The zero-order chi connectivity index (χ0) is 22.7. The van der Waals surface area contributed by atoms with Crippen LogP contribution in [0, 0.1) is 24.2 Å². The third-order valence-electron chi connectivity index (χ3n) is 5.07. The SMILES string of the molecule is Cc1cc(N)nc(F)c1CNC(=O)c1ccnc(Cc2ccc3nc(C#N)ccc3c2)c1. The maximum atomic E-state index is 14.1. The summed E-state index contributed by atoms with van der Waals surface area (Å²) in [6.07, 6.45) is 2.09. The number of nitrogens with zero attached hydrogens (tertiary/aromatic N) is 4. The van der Waals surface area contributed by atoms with Crippen LogP contribution in [-0.4, -0.2) is 20.9 Å². The van der Waals surface area contributed by atoms with Gasteiger partial charge < -0.3 is 11.1 Å². The van der Waals surface area contributed by atoms with Crippen LogP contribution >= 0.6 is 0 Å². The van der Waals surface area contributed by atoms with Crippen molar-refractivity contribution in [2.45, 2.75) is 19.9 Å². The first-order valence-corrected chi connectivity index (χ1v) is 9.87. The zero-order valence-corrected chi connectivity index (χ0v) is 17.3. The molecule has 3 aromatic heterocycles. The highest BCUT2D eigenvalue weighted by molar-refractivity contribution is 5.94. The number of benzene rings is 1. The van der Waals surface area contributed by atoms with Crippen molar-refractivity contribution in [2.24, 2.45) is 0 Å². The molecule has 7 nitrogen and oxygen atoms in total. The first-order valence-electron chi connectivity index (χ1n) is 9.87. The van der Waals surface area contributed by atoms with Gasteiger partial charge in [0.05, 0.1) is 5.52 Å². The Morgan fingerprint density at radius 2 is 2.00 bits per heavy atom. The van der Waals surface area contributed by atoms with Crippen LogP contribution in [0.15, 0.2) is 54.7 Å². The number of nitrogens with one attached hydrogen (secondary N) is 1. The number of hydrogen-bond donors (Lipinski definition) is 2. The van der Waals surface area contributed by atoms with Crippen molar-refractivity contribution in [2.75, 3.05) is 5.73 Å². The molecule has 0 saturated carbocycles. The number of pyridine rings is 3. The second-order valence-electron chi connectivity index (χ2n) is 7.36. The van der Waals surface area contributed by atoms with E-state index in [2.05, 4.69) is 20.3 Å². The Morgan fingerprint density at radius 1 is 1.16 bits per heavy atom. The molecule has 0 bridgehead atoms. The van der Waals surface area contributed by atoms with Gasteiger partial charge >= 0.3 is 0 Å². The van der Waals surface area contributed by atoms with E-state index in [0.717, 1.165) is 22.2 Å². The molecule has 4 rings (SSSR count). The Kier molecular flexibility index (Phi) is 5.73. The monoisotopic (exact) mass is 426 g/mol. The maximum absolute atomic E-state index is 14.1. The number of hydrogen-bond acceptors (Lipinski definition) is 6. The van der Waals surface area contributed by atoms with Crippen LogP contribution in [0.25, 0.3) is 10.9 Å². The number of carbonyl (C=O) groups excluding carboxylic acids is 1. The molecule has 1 aromatic carbocycles. The van der Waals surface area contributed by atoms with Gasteiger partial charge in [-0.15, -0.1) is 0 Å². The molecule has 32 heavy (non-hydrogen) atoms. The van der Waals surface area contributed by atoms with E-state index in [9.17, 15) is 9.18 Å². The lowest BCUT2D eigenvalue weighted by atomic mass is 10.0. The lowest BCUT2D eigenvalue weighted by molar-refractivity contribution is 0.0950. The lowest BCUT2D eigenvalue weighted by Crippen LogP contribution is -2.24. The topological polar surface area (TPSA) is 118 Å². The number of fused-ring (bicyclic) bond motifs is 1. The lowest BCUT2D eigenvalue weighted by Gasteiger charge is -2.10. The van der Waals surface area contributed by atoms with Crippen LogP contribution in [0.2, 0.25) is 0 Å². The average molecular weight is 426 g/mol. The van der Waals surface area contributed by atoms with Crippen molar-refractivity contribution < 1.29 is 9.18 Å². The highest BCUT2D eigenvalue weighted by Gasteiger charge is 2.12. The van der Waals surface area contributed by atoms with Crippen molar-refractivity contribution in [3.63, 3.8) is 0 Å². The quantitative estimate of drug-likeness (QED) is 0.472. The zero-order valence-electron chi connectivity index (χ0n) is 17.3. The average Bonchev–Trinajstić information content (AvgIpc) is 2.78. The van der Waals surface area contributed by atoms with E-state index in [1.807, 2.05) is 30.3 Å². The van der Waals surface area contributed by atoms with Gasteiger partial charge in [0, 0.05) is 41.4 Å². The summed E-state index contributed by atoms with van der Waals surface area (Å²) < 4.78 is 14.1. The summed E-state index contributed by atoms with van der Waals surface area (Å²) >= 11 is 0. The second-order valence-corrected chi connectivity index (χ2v) is 7.36. The molecule has 0 aliphatic carbocycles. The summed E-state index contributed by atoms with van der Waals surface area (Å²) in [7, 11) is 0. The van der Waals surface area contributed by atoms with Gasteiger partial charge in [-0.05, 0) is 60.5 Å². The van der Waals surface area contributed by atoms with Gasteiger partial charge in [-0.25, -0.2) is 9.97 Å². The molecule has 0 saturated heterocycles. The first kappa shape index (κ1) is 20.9. The molecule has 8 heteroatoms. The molecule has 0 aliphatic heterocycles. The van der Waals surface area contributed by atoms with E-state index in [-0.39, 0.29) is 18.3 Å². The van der Waals surface area contributed by atoms with Gasteiger partial charge in [-0.2, -0.15) is 9.65 Å². The summed E-state index contributed by atoms with van der Waals surface area (Å²) in [6, 6.07) is 16.2. The smallest absolute Gasteiger partial charge is 0.251 e. The maximum Gasteiger partial charge on any atom is 0.251 e. The Morgan fingerprint density at radius 3 is 2.78 bits per heavy atom. The highest BCUT2D eigenvalue weighted by Crippen LogP contribution is 2.18. The molecule has 0 radical (unpaired) electrons. The van der Waals surface area contributed by atoms with E-state index in [0.29, 0.717) is 28.8 Å². The van der Waals surface area contributed by atoms with E-state index < -0.39 is 5.95 Å². The van der Waals surface area contributed by atoms with Crippen molar-refractivity contribution in [1.29, 1.82) is 5.26 Å². The van der Waals surface area contributed by atoms with Gasteiger partial charge in [0.1, 0.15) is 17.6 Å². The van der Waals surface area contributed by atoms with Crippen LogP contribution in [0.5, 0.6) is 0 Å². The van der Waals surface area contributed by atoms with Crippen LogP contribution in [0.3, 0.4) is 0 Å². The Labute approximate surface area is 183 Å². The summed E-state index contributed by atoms with van der Waals surface area (Å²) in [5, 5.41) is 12.6. The number of aryl methyl sites for hydroxylation is 1. The van der Waals surface area contributed by atoms with Crippen molar-refractivity contribution in [3.8, 4) is 6.07 Å². The molecule has 0 aliphatic rings. The van der Waals surface area contributed by atoms with Gasteiger partial charge in [0.2, 0.25) is 5.95 Å². The Balaban J connectivity index is 1.48. The molecule has 158 valence electrons. The number of halogens is 1. The van der Waals surface area contributed by atoms with Gasteiger partial charge in [-0.1, -0.05) is 6.07 Å². The summed E-state index contributed by atoms with van der Waals surface area (Å²) in [5.74, 6) is -0.925. The molecule has 0 unspecified atom stereocenters. The fourth-order valence-corrected chi connectivity index (χ4v) is 3.44. The minimum Gasteiger partial charge on any atom is -0.384 e. The number of aromatic nitrogens is 3. The Hall–Kier alpha value is -4.38. The predicted octanol–water partition coefficient (Wildman–Crippen LogP) is 3.45. The van der Waals surface area contributed by atoms with Gasteiger partial charge in [0.15, 0.2) is 0 Å². The molecule has 0 atom stereocenters. The summed E-state index contributed by atoms with van der Waals surface area (Å²) in [5.41, 5.74) is 9.72. The predicted molar refractivity (Wildman–Crippen MR) is 118 cm³/mol. The molecule has 0 fully saturated rings. The van der Waals surface area contributed by atoms with E-state index in [4.69, 9.17) is 11.0 Å². The van der Waals surface area contributed by atoms with Gasteiger partial charge in [0.25, 0.3) is 5.91 Å². The van der Waals surface area contributed by atoms with Crippen LogP contribution < -0.4 is 11.1 Å². The second kappa shape index (κ2) is 8.78. The van der Waals surface area contributed by atoms with E-state index in [1.165, 1.54) is 0 Å². The largest absolute Gasteiger partial charge is 0.384 e. The number of nitriles is 1. The van der Waals surface area contributed by atoms with Crippen LogP contribution in [0.4, 0.5) is 10.2 Å². The van der Waals surface area contributed by atoms with Crippen molar-refractivity contribution >= 4 is 22.6 Å². The molecule has 3 N–H and O–H groups in total. The van der Waals surface area contributed by atoms with Crippen molar-refractivity contribution in [1.82, 2.24) is 20.3 Å². The highest BCUT2D eigenvalue weighted by atomic mass is 19.1. The minimum absolute atomic E-state index is 0.00377. The molecule has 3 heterocycles. The third-order valence-corrected chi connectivity index (χ3v) is 5.07. The number of anilines is 1. The molecule has 0 spiro atoms. The third kappa shape index (κ3) is 4.52. The molecular formula is C24H19FN6O. The number of carbonyl (C=O) groups is 1. The fraction of sp³-hybridized carbons (Fsp3) is 0.125. The number of nitrogen functional groups attached to an aromatic ring is 1. The first-order chi connectivity index (χ1) is 15.4. The van der Waals surface area contributed by atoms with E-state index >= 15 is 0 Å². The molecular weight excluding hydrogens is 407 g/mol. The molecule has 1 amide bonds. The summed E-state index contributed by atoms with van der Waals surface area (Å²) in [6.45, 7) is 1.72. The number of amides is 1. The Bertz CT molecular complexity index is 1360. The van der Waals surface area contributed by atoms with Gasteiger partial charge in [-0.3, -0.25) is 9.78 Å². The van der Waals surface area contributed by atoms with Crippen LogP contribution in [0.1, 0.15) is 38.4 Å². The molecule has 4 aromatic rings. The standard InChI is InChI=1S/C24H19FN6O/c1-14-8-22(27)31-23(25)20(14)13-29-24(32)17-6-7-28-19(11-17)10-15-2-5-21-16(9-15)3-4-18(12-26)30-21/h2-9,11H,10,13H2,1H3,(H2,27,31)(H,29,32). The van der Waals surface area contributed by atoms with E-state index in [1.54, 1.807) is 37.4 Å². The summed E-state index contributed by atoms with van der Waals surface area (Å²) in [4.78, 5) is 24.8. The van der Waals surface area contributed by atoms with Crippen LogP contribution in [-0.2, 0) is 13.0 Å². The fourth-order valence-electron chi connectivity index (χ4n) is 3.44. The normalized spacial score (nSPS) is 10.7. The number of rotatable bonds is 5.